The van der Waals surface area contributed by atoms with Crippen molar-refractivity contribution in [3.63, 3.8) is 0 Å². The molecule has 3 rings (SSSR count). The van der Waals surface area contributed by atoms with Gasteiger partial charge in [-0.2, -0.15) is 0 Å². The van der Waals surface area contributed by atoms with Crippen molar-refractivity contribution in [2.45, 2.75) is 38.5 Å². The molecule has 0 bridgehead atoms. The number of amidine groups is 1. The van der Waals surface area contributed by atoms with Crippen LogP contribution >= 0.6 is 27.5 Å². The molecule has 2 aromatic carbocycles. The standard InChI is InChI=1S/C23H25BrClF2N3O3/c1-22(2,3)33-21(31)29-20-11-32-13-23(12-26,30-20)17-9-16(6-7-19(17)27)28-10-14-4-5-15(24)8-18(14)25/h4-9,28H,10-13H2,1-3H3,(H,29,30,31)/t23-/m1/s1. The largest absolute Gasteiger partial charge is 0.444 e. The van der Waals surface area contributed by atoms with Gasteiger partial charge in [0.25, 0.3) is 0 Å². The normalized spacial score (nSPS) is 18.5. The summed E-state index contributed by atoms with van der Waals surface area (Å²) in [5.41, 5.74) is -0.949. The van der Waals surface area contributed by atoms with Crippen LogP contribution in [0.5, 0.6) is 0 Å². The van der Waals surface area contributed by atoms with Crippen LogP contribution in [-0.4, -0.2) is 37.4 Å². The fourth-order valence-corrected chi connectivity index (χ4v) is 4.00. The van der Waals surface area contributed by atoms with Crippen molar-refractivity contribution in [2.75, 3.05) is 25.2 Å². The van der Waals surface area contributed by atoms with E-state index >= 15 is 0 Å². The van der Waals surface area contributed by atoms with Crippen LogP contribution in [0.25, 0.3) is 0 Å². The summed E-state index contributed by atoms with van der Waals surface area (Å²) in [5.74, 6) is -0.571. The SMILES string of the molecule is CC(C)(C)OC(=O)NC1=N[C@@](CF)(c2cc(NCc3ccc(Br)cc3Cl)ccc2F)COC1. The zero-order valence-electron chi connectivity index (χ0n) is 18.5. The van der Waals surface area contributed by atoms with Crippen LogP contribution in [0.4, 0.5) is 19.3 Å². The molecule has 2 N–H and O–H groups in total. The highest BCUT2D eigenvalue weighted by Crippen LogP contribution is 2.34. The van der Waals surface area contributed by atoms with Gasteiger partial charge in [0, 0.05) is 27.3 Å². The Kier molecular flexibility index (Phi) is 7.97. The maximum atomic E-state index is 14.8. The Morgan fingerprint density at radius 1 is 1.30 bits per heavy atom. The molecule has 1 heterocycles. The maximum absolute atomic E-state index is 14.8. The summed E-state index contributed by atoms with van der Waals surface area (Å²) in [6.45, 7) is 4.27. The molecule has 0 fully saturated rings. The van der Waals surface area contributed by atoms with Crippen LogP contribution in [0.15, 0.2) is 45.9 Å². The van der Waals surface area contributed by atoms with Gasteiger partial charge in [-0.1, -0.05) is 33.6 Å². The van der Waals surface area contributed by atoms with E-state index in [-0.39, 0.29) is 24.6 Å². The van der Waals surface area contributed by atoms with Gasteiger partial charge >= 0.3 is 6.09 Å². The number of amides is 1. The summed E-state index contributed by atoms with van der Waals surface area (Å²) in [5, 5.41) is 6.21. The predicted octanol–water partition coefficient (Wildman–Crippen LogP) is 5.97. The Hall–Kier alpha value is -2.23. The molecule has 1 amide bonds. The van der Waals surface area contributed by atoms with E-state index in [1.807, 2.05) is 12.1 Å². The topological polar surface area (TPSA) is 72.0 Å². The molecule has 0 aromatic heterocycles. The molecule has 0 radical (unpaired) electrons. The van der Waals surface area contributed by atoms with E-state index < -0.39 is 29.7 Å². The third kappa shape index (κ3) is 6.65. The molecule has 0 saturated heterocycles. The molecule has 2 aromatic rings. The summed E-state index contributed by atoms with van der Waals surface area (Å²) in [6.07, 6.45) is -0.748. The number of halogens is 4. The van der Waals surface area contributed by atoms with Gasteiger partial charge < -0.3 is 14.8 Å². The summed E-state index contributed by atoms with van der Waals surface area (Å²) >= 11 is 9.62. The number of ether oxygens (including phenoxy) is 2. The van der Waals surface area contributed by atoms with Gasteiger partial charge in [-0.3, -0.25) is 10.3 Å². The smallest absolute Gasteiger partial charge is 0.413 e. The average molecular weight is 545 g/mol. The van der Waals surface area contributed by atoms with Crippen molar-refractivity contribution in [3.05, 3.63) is 62.8 Å². The minimum atomic E-state index is -1.64. The number of aliphatic imine (C=N–C) groups is 1. The van der Waals surface area contributed by atoms with Crippen molar-refractivity contribution in [1.29, 1.82) is 0 Å². The number of nitrogens with zero attached hydrogens (tertiary/aromatic N) is 1. The lowest BCUT2D eigenvalue weighted by molar-refractivity contribution is 0.0528. The number of rotatable bonds is 5. The molecule has 1 aliphatic heterocycles. The Morgan fingerprint density at radius 3 is 2.73 bits per heavy atom. The van der Waals surface area contributed by atoms with Gasteiger partial charge in [-0.15, -0.1) is 0 Å². The van der Waals surface area contributed by atoms with Crippen LogP contribution in [-0.2, 0) is 21.6 Å². The first-order chi connectivity index (χ1) is 15.5. The lowest BCUT2D eigenvalue weighted by Crippen LogP contribution is -2.46. The first-order valence-electron chi connectivity index (χ1n) is 10.2. The Balaban J connectivity index is 1.84. The van der Waals surface area contributed by atoms with Gasteiger partial charge in [0.1, 0.15) is 36.1 Å². The molecule has 6 nitrogen and oxygen atoms in total. The molecule has 33 heavy (non-hydrogen) atoms. The number of hydrogen-bond donors (Lipinski definition) is 2. The van der Waals surface area contributed by atoms with Crippen molar-refractivity contribution in [2.24, 2.45) is 4.99 Å². The summed E-state index contributed by atoms with van der Waals surface area (Å²) < 4.78 is 40.7. The Labute approximate surface area is 204 Å². The average Bonchev–Trinajstić information content (AvgIpc) is 2.72. The molecule has 1 atom stereocenters. The number of alkyl carbamates (subject to hydrolysis) is 1. The van der Waals surface area contributed by atoms with E-state index in [1.54, 1.807) is 32.9 Å². The van der Waals surface area contributed by atoms with Gasteiger partial charge in [0.2, 0.25) is 0 Å². The highest BCUT2D eigenvalue weighted by molar-refractivity contribution is 9.10. The van der Waals surface area contributed by atoms with E-state index in [2.05, 4.69) is 31.6 Å². The molecule has 0 aliphatic carbocycles. The zero-order valence-corrected chi connectivity index (χ0v) is 20.8. The quantitative estimate of drug-likeness (QED) is 0.486. The lowest BCUT2D eigenvalue weighted by Gasteiger charge is -2.33. The summed E-state index contributed by atoms with van der Waals surface area (Å²) in [4.78, 5) is 16.4. The molecule has 0 saturated carbocycles. The number of hydrogen-bond acceptors (Lipinski definition) is 5. The second-order valence-electron chi connectivity index (χ2n) is 8.63. The van der Waals surface area contributed by atoms with Crippen molar-refractivity contribution >= 4 is 45.1 Å². The third-order valence-electron chi connectivity index (χ3n) is 4.76. The Bertz CT molecular complexity index is 1060. The van der Waals surface area contributed by atoms with Gasteiger partial charge in [-0.25, -0.2) is 13.6 Å². The van der Waals surface area contributed by atoms with Gasteiger partial charge in [-0.05, 0) is 56.7 Å². The highest BCUT2D eigenvalue weighted by atomic mass is 79.9. The van der Waals surface area contributed by atoms with Crippen LogP contribution in [0.3, 0.4) is 0 Å². The van der Waals surface area contributed by atoms with Crippen LogP contribution in [0.2, 0.25) is 5.02 Å². The lowest BCUT2D eigenvalue weighted by atomic mass is 9.91. The monoisotopic (exact) mass is 543 g/mol. The van der Waals surface area contributed by atoms with Crippen LogP contribution < -0.4 is 10.6 Å². The number of carbonyl (C=O) groups is 1. The van der Waals surface area contributed by atoms with E-state index in [0.717, 1.165) is 10.0 Å². The second kappa shape index (κ2) is 10.4. The van der Waals surface area contributed by atoms with E-state index in [1.165, 1.54) is 12.1 Å². The first-order valence-corrected chi connectivity index (χ1v) is 11.4. The second-order valence-corrected chi connectivity index (χ2v) is 9.95. The van der Waals surface area contributed by atoms with Crippen LogP contribution in [0, 0.1) is 5.82 Å². The zero-order chi connectivity index (χ0) is 24.2. The van der Waals surface area contributed by atoms with Crippen molar-refractivity contribution < 1.29 is 23.0 Å². The fraction of sp³-hybridized carbons (Fsp3) is 0.391. The van der Waals surface area contributed by atoms with E-state index in [4.69, 9.17) is 21.1 Å². The maximum Gasteiger partial charge on any atom is 0.413 e. The fourth-order valence-electron chi connectivity index (χ4n) is 3.26. The summed E-state index contributed by atoms with van der Waals surface area (Å²) in [7, 11) is 0. The number of anilines is 1. The first kappa shape index (κ1) is 25.4. The number of alkyl halides is 1. The van der Waals surface area contributed by atoms with Gasteiger partial charge in [0.05, 0.1) is 6.61 Å². The van der Waals surface area contributed by atoms with Crippen molar-refractivity contribution in [1.82, 2.24) is 5.32 Å². The molecule has 178 valence electrons. The number of nitrogens with one attached hydrogen (secondary N) is 2. The Morgan fingerprint density at radius 2 is 2.06 bits per heavy atom. The summed E-state index contributed by atoms with van der Waals surface area (Å²) in [6, 6.07) is 9.78. The molecule has 1 aliphatic rings. The minimum Gasteiger partial charge on any atom is -0.444 e. The van der Waals surface area contributed by atoms with Crippen LogP contribution in [0.1, 0.15) is 31.9 Å². The van der Waals surface area contributed by atoms with E-state index in [9.17, 15) is 13.6 Å². The van der Waals surface area contributed by atoms with Gasteiger partial charge in [0.15, 0.2) is 0 Å². The highest BCUT2D eigenvalue weighted by Gasteiger charge is 2.39. The molecule has 0 unspecified atom stereocenters. The van der Waals surface area contributed by atoms with E-state index in [0.29, 0.717) is 17.3 Å². The molecular formula is C23H25BrClF2N3O3. The number of carbonyl (C=O) groups excluding carboxylic acids is 1. The van der Waals surface area contributed by atoms with Crippen molar-refractivity contribution in [3.8, 4) is 0 Å². The minimum absolute atomic E-state index is 0.0140. The molecule has 0 spiro atoms. The molecular weight excluding hydrogens is 520 g/mol. The molecule has 10 heteroatoms. The predicted molar refractivity (Wildman–Crippen MR) is 128 cm³/mol. The third-order valence-corrected chi connectivity index (χ3v) is 5.61. The number of benzene rings is 2.